The molecule has 2 aliphatic heterocycles. The summed E-state index contributed by atoms with van der Waals surface area (Å²) in [5, 5.41) is 0. The predicted octanol–water partition coefficient (Wildman–Crippen LogP) is 3.26. The summed E-state index contributed by atoms with van der Waals surface area (Å²) in [7, 11) is 0. The minimum atomic E-state index is -1.12. The first-order valence-corrected chi connectivity index (χ1v) is 11.3. The Balaban J connectivity index is 1.45. The Morgan fingerprint density at radius 1 is 0.677 bits per heavy atom. The van der Waals surface area contributed by atoms with Crippen LogP contribution in [0, 0.1) is 29.1 Å². The lowest BCUT2D eigenvalue weighted by Crippen LogP contribution is -2.54. The monoisotopic (exact) mass is 436 g/mol. The third-order valence-corrected chi connectivity index (χ3v) is 8.00. The normalized spacial score (nSPS) is 35.2. The van der Waals surface area contributed by atoms with Gasteiger partial charge in [0.05, 0.1) is 0 Å². The van der Waals surface area contributed by atoms with Gasteiger partial charge in [-0.3, -0.25) is 19.2 Å². The molecule has 172 valence electrons. The molecule has 8 nitrogen and oxygen atoms in total. The van der Waals surface area contributed by atoms with Crippen LogP contribution in [0.3, 0.4) is 0 Å². The van der Waals surface area contributed by atoms with Gasteiger partial charge in [-0.05, 0) is 41.9 Å². The van der Waals surface area contributed by atoms with Crippen LogP contribution in [-0.4, -0.2) is 35.5 Å². The van der Waals surface area contributed by atoms with E-state index in [9.17, 15) is 19.2 Å². The minimum Gasteiger partial charge on any atom is -0.422 e. The van der Waals surface area contributed by atoms with Gasteiger partial charge in [-0.2, -0.15) is 0 Å². The molecule has 0 radical (unpaired) electrons. The van der Waals surface area contributed by atoms with E-state index in [1.807, 2.05) is 0 Å². The highest BCUT2D eigenvalue weighted by atomic mass is 16.8. The summed E-state index contributed by atoms with van der Waals surface area (Å²) in [6, 6.07) is 0. The first-order valence-electron chi connectivity index (χ1n) is 11.3. The summed E-state index contributed by atoms with van der Waals surface area (Å²) in [4.78, 5) is 47.3. The van der Waals surface area contributed by atoms with E-state index in [0.29, 0.717) is 37.5 Å². The fraction of sp³-hybridized carbons (Fsp3) is 0.826. The molecule has 4 rings (SSSR count). The van der Waals surface area contributed by atoms with E-state index in [4.69, 9.17) is 18.9 Å². The van der Waals surface area contributed by atoms with Crippen LogP contribution in [0.4, 0.5) is 0 Å². The molecule has 0 aromatic carbocycles. The van der Waals surface area contributed by atoms with E-state index in [1.165, 1.54) is 0 Å². The molecule has 2 saturated carbocycles. The molecule has 0 bridgehead atoms. The topological polar surface area (TPSA) is 105 Å². The summed E-state index contributed by atoms with van der Waals surface area (Å²) in [5.74, 6) is -3.21. The smallest absolute Gasteiger partial charge is 0.320 e. The molecule has 4 fully saturated rings. The lowest BCUT2D eigenvalue weighted by molar-refractivity contribution is -0.268. The van der Waals surface area contributed by atoms with Gasteiger partial charge in [0, 0.05) is 25.7 Å². The van der Waals surface area contributed by atoms with Gasteiger partial charge in [0.15, 0.2) is 0 Å². The van der Waals surface area contributed by atoms with Crippen LogP contribution in [0.15, 0.2) is 0 Å². The average molecular weight is 437 g/mol. The van der Waals surface area contributed by atoms with Crippen molar-refractivity contribution in [3.63, 3.8) is 0 Å². The molecular weight excluding hydrogens is 404 g/mol. The second-order valence-electron chi connectivity index (χ2n) is 10.5. The van der Waals surface area contributed by atoms with Crippen LogP contribution in [0.2, 0.25) is 0 Å². The Bertz CT molecular complexity index is 703. The Morgan fingerprint density at radius 3 is 1.29 bits per heavy atom. The van der Waals surface area contributed by atoms with E-state index in [0.717, 1.165) is 12.8 Å². The number of hydrogen-bond donors (Lipinski definition) is 0. The van der Waals surface area contributed by atoms with Gasteiger partial charge in [0.1, 0.15) is 12.8 Å². The van der Waals surface area contributed by atoms with E-state index < -0.39 is 35.5 Å². The zero-order chi connectivity index (χ0) is 22.6. The quantitative estimate of drug-likeness (QED) is 0.480. The summed E-state index contributed by atoms with van der Waals surface area (Å²) in [5.41, 5.74) is -0.0482. The zero-order valence-corrected chi connectivity index (χ0v) is 18.7. The SMILES string of the molecule is CC1CC2(CCC1C(C)(C)C1CCC3(CC1C)OC(=O)CC(=O)O3)OC(=O)CC(=O)O2. The highest BCUT2D eigenvalue weighted by molar-refractivity contribution is 5.93. The third-order valence-electron chi connectivity index (χ3n) is 8.00. The molecule has 2 spiro atoms. The molecule has 8 heteroatoms. The second kappa shape index (κ2) is 7.48. The van der Waals surface area contributed by atoms with Crippen molar-refractivity contribution in [3.05, 3.63) is 0 Å². The van der Waals surface area contributed by atoms with Gasteiger partial charge >= 0.3 is 23.9 Å². The van der Waals surface area contributed by atoms with Gasteiger partial charge in [-0.15, -0.1) is 0 Å². The molecule has 0 aromatic heterocycles. The average Bonchev–Trinajstić information content (AvgIpc) is 2.58. The van der Waals surface area contributed by atoms with Gasteiger partial charge in [0.2, 0.25) is 0 Å². The van der Waals surface area contributed by atoms with Crippen LogP contribution in [0.1, 0.15) is 79.1 Å². The van der Waals surface area contributed by atoms with Crippen molar-refractivity contribution in [3.8, 4) is 0 Å². The van der Waals surface area contributed by atoms with Crippen LogP contribution in [-0.2, 0) is 38.1 Å². The van der Waals surface area contributed by atoms with Crippen molar-refractivity contribution in [2.45, 2.75) is 90.6 Å². The first-order chi connectivity index (χ1) is 14.4. The maximum atomic E-state index is 11.8. The van der Waals surface area contributed by atoms with Crippen molar-refractivity contribution >= 4 is 23.9 Å². The van der Waals surface area contributed by atoms with E-state index >= 15 is 0 Å². The van der Waals surface area contributed by atoms with Gasteiger partial charge in [0.25, 0.3) is 11.6 Å². The zero-order valence-electron chi connectivity index (χ0n) is 18.7. The molecule has 4 aliphatic rings. The molecule has 0 amide bonds. The fourth-order valence-electron chi connectivity index (χ4n) is 6.90. The van der Waals surface area contributed by atoms with Crippen molar-refractivity contribution in [2.75, 3.05) is 0 Å². The maximum absolute atomic E-state index is 11.8. The van der Waals surface area contributed by atoms with Crippen LogP contribution < -0.4 is 0 Å². The molecule has 0 aromatic rings. The summed E-state index contributed by atoms with van der Waals surface area (Å²) < 4.78 is 22.0. The summed E-state index contributed by atoms with van der Waals surface area (Å²) in [6.07, 6.45) is 2.94. The fourth-order valence-corrected chi connectivity index (χ4v) is 6.90. The third kappa shape index (κ3) is 4.05. The van der Waals surface area contributed by atoms with E-state index in [1.54, 1.807) is 0 Å². The van der Waals surface area contributed by atoms with Gasteiger partial charge in [-0.1, -0.05) is 27.7 Å². The highest BCUT2D eigenvalue weighted by Crippen LogP contribution is 2.56. The Labute approximate surface area is 182 Å². The number of hydrogen-bond acceptors (Lipinski definition) is 8. The lowest BCUT2D eigenvalue weighted by atomic mass is 9.55. The molecule has 2 saturated heterocycles. The van der Waals surface area contributed by atoms with Crippen LogP contribution in [0.5, 0.6) is 0 Å². The summed E-state index contributed by atoms with van der Waals surface area (Å²) >= 11 is 0. The number of carbonyl (C=O) groups is 4. The van der Waals surface area contributed by atoms with E-state index in [2.05, 4.69) is 27.7 Å². The standard InChI is InChI=1S/C23H32O8/c1-13-11-22(28-17(24)9-18(25)29-22)7-5-15(13)21(3,4)16-6-8-23(12-14(16)2)30-19(26)10-20(27)31-23/h13-16H,5-12H2,1-4H3. The molecule has 2 aliphatic carbocycles. The number of esters is 4. The maximum Gasteiger partial charge on any atom is 0.320 e. The Hall–Kier alpha value is -2.12. The molecule has 4 atom stereocenters. The largest absolute Gasteiger partial charge is 0.422 e. The highest BCUT2D eigenvalue weighted by Gasteiger charge is 2.56. The first kappa shape index (κ1) is 22.1. The van der Waals surface area contributed by atoms with Crippen molar-refractivity contribution < 1.29 is 38.1 Å². The lowest BCUT2D eigenvalue weighted by Gasteiger charge is -2.54. The molecule has 2 heterocycles. The summed E-state index contributed by atoms with van der Waals surface area (Å²) in [6.45, 7) is 8.79. The number of carbonyl (C=O) groups excluding carboxylic acids is 4. The predicted molar refractivity (Wildman–Crippen MR) is 106 cm³/mol. The van der Waals surface area contributed by atoms with Gasteiger partial charge in [-0.25, -0.2) is 0 Å². The van der Waals surface area contributed by atoms with Gasteiger partial charge < -0.3 is 18.9 Å². The minimum absolute atomic E-state index is 0.0482. The van der Waals surface area contributed by atoms with Crippen molar-refractivity contribution in [2.24, 2.45) is 29.1 Å². The van der Waals surface area contributed by atoms with Crippen molar-refractivity contribution in [1.82, 2.24) is 0 Å². The Kier molecular flexibility index (Phi) is 5.33. The Morgan fingerprint density at radius 2 is 1.00 bits per heavy atom. The molecule has 31 heavy (non-hydrogen) atoms. The molecular formula is C23H32O8. The van der Waals surface area contributed by atoms with E-state index in [-0.39, 0.29) is 30.1 Å². The second-order valence-corrected chi connectivity index (χ2v) is 10.5. The number of ether oxygens (including phenoxy) is 4. The molecule has 0 N–H and O–H groups in total. The number of rotatable bonds is 2. The molecule has 4 unspecified atom stereocenters. The van der Waals surface area contributed by atoms with Crippen LogP contribution in [0.25, 0.3) is 0 Å². The van der Waals surface area contributed by atoms with Crippen molar-refractivity contribution in [1.29, 1.82) is 0 Å². The van der Waals surface area contributed by atoms with Crippen LogP contribution >= 0.6 is 0 Å².